The van der Waals surface area contributed by atoms with Crippen molar-refractivity contribution in [3.63, 3.8) is 0 Å². The fourth-order valence-electron chi connectivity index (χ4n) is 1.90. The van der Waals surface area contributed by atoms with Crippen LogP contribution in [-0.4, -0.2) is 22.6 Å². The van der Waals surface area contributed by atoms with E-state index in [9.17, 15) is 4.79 Å². The zero-order valence-corrected chi connectivity index (χ0v) is 12.0. The van der Waals surface area contributed by atoms with Crippen molar-refractivity contribution in [3.8, 4) is 11.8 Å². The molecule has 0 fully saturated rings. The van der Waals surface area contributed by atoms with Gasteiger partial charge in [-0.3, -0.25) is 9.78 Å². The van der Waals surface area contributed by atoms with Crippen LogP contribution >= 0.6 is 0 Å². The van der Waals surface area contributed by atoms with E-state index in [1.54, 1.807) is 30.3 Å². The van der Waals surface area contributed by atoms with Crippen LogP contribution < -0.4 is 5.32 Å². The smallest absolute Gasteiger partial charge is 0.257 e. The number of aliphatic hydroxyl groups excluding tert-OH is 1. The number of aryl methyl sites for hydroxylation is 2. The Bertz CT molecular complexity index is 710. The first kappa shape index (κ1) is 14.8. The van der Waals surface area contributed by atoms with Crippen LogP contribution in [0.2, 0.25) is 0 Å². The molecule has 0 aliphatic heterocycles. The molecule has 0 aliphatic carbocycles. The maximum Gasteiger partial charge on any atom is 0.257 e. The summed E-state index contributed by atoms with van der Waals surface area (Å²) in [6, 6.07) is 10.7. The van der Waals surface area contributed by atoms with E-state index in [1.807, 2.05) is 19.9 Å². The molecule has 1 heterocycles. The van der Waals surface area contributed by atoms with E-state index in [0.29, 0.717) is 16.9 Å². The van der Waals surface area contributed by atoms with Crippen molar-refractivity contribution < 1.29 is 9.90 Å². The number of carbonyl (C=O) groups excluding carboxylic acids is 1. The van der Waals surface area contributed by atoms with Gasteiger partial charge < -0.3 is 10.4 Å². The maximum atomic E-state index is 12.2. The van der Waals surface area contributed by atoms with Gasteiger partial charge in [-0.05, 0) is 50.2 Å². The van der Waals surface area contributed by atoms with Gasteiger partial charge in [0.2, 0.25) is 0 Å². The van der Waals surface area contributed by atoms with Crippen LogP contribution in [0.4, 0.5) is 5.69 Å². The highest BCUT2D eigenvalue weighted by atomic mass is 16.2. The Morgan fingerprint density at radius 3 is 2.52 bits per heavy atom. The third-order valence-corrected chi connectivity index (χ3v) is 2.92. The normalized spacial score (nSPS) is 9.67. The molecular weight excluding hydrogens is 264 g/mol. The van der Waals surface area contributed by atoms with Gasteiger partial charge in [-0.25, -0.2) is 0 Å². The molecule has 0 aliphatic rings. The minimum absolute atomic E-state index is 0.168. The predicted molar refractivity (Wildman–Crippen MR) is 82.1 cm³/mol. The summed E-state index contributed by atoms with van der Waals surface area (Å²) >= 11 is 0. The summed E-state index contributed by atoms with van der Waals surface area (Å²) in [4.78, 5) is 16.5. The monoisotopic (exact) mass is 280 g/mol. The lowest BCUT2D eigenvalue weighted by Crippen LogP contribution is -2.14. The summed E-state index contributed by atoms with van der Waals surface area (Å²) in [6.45, 7) is 3.54. The van der Waals surface area contributed by atoms with Crippen molar-refractivity contribution in [1.82, 2.24) is 4.98 Å². The van der Waals surface area contributed by atoms with Crippen molar-refractivity contribution in [2.24, 2.45) is 0 Å². The van der Waals surface area contributed by atoms with E-state index in [0.717, 1.165) is 11.3 Å². The van der Waals surface area contributed by atoms with Gasteiger partial charge in [-0.2, -0.15) is 0 Å². The van der Waals surface area contributed by atoms with Gasteiger partial charge in [-0.1, -0.05) is 11.8 Å². The number of rotatable bonds is 2. The molecule has 4 heteroatoms. The van der Waals surface area contributed by atoms with Crippen LogP contribution in [0.3, 0.4) is 0 Å². The van der Waals surface area contributed by atoms with E-state index >= 15 is 0 Å². The SMILES string of the molecule is Cc1ccc(C(=O)Nc2ccc(C#CCO)cc2)c(C)n1. The number of carbonyl (C=O) groups is 1. The molecule has 1 aromatic heterocycles. The molecule has 0 saturated heterocycles. The first-order chi connectivity index (χ1) is 10.1. The minimum atomic E-state index is -0.186. The molecule has 4 nitrogen and oxygen atoms in total. The number of benzene rings is 1. The van der Waals surface area contributed by atoms with Crippen LogP contribution in [0.5, 0.6) is 0 Å². The largest absolute Gasteiger partial charge is 0.384 e. The zero-order valence-electron chi connectivity index (χ0n) is 12.0. The number of aliphatic hydroxyl groups is 1. The standard InChI is InChI=1S/C17H16N2O2/c1-12-5-10-16(13(2)18-12)17(21)19-15-8-6-14(7-9-15)4-3-11-20/h5-10,20H,11H2,1-2H3,(H,19,21). The van der Waals surface area contributed by atoms with Crippen LogP contribution in [0.1, 0.15) is 27.3 Å². The van der Waals surface area contributed by atoms with E-state index < -0.39 is 0 Å². The van der Waals surface area contributed by atoms with Gasteiger partial charge in [0, 0.05) is 16.9 Å². The fourth-order valence-corrected chi connectivity index (χ4v) is 1.90. The summed E-state index contributed by atoms with van der Waals surface area (Å²) in [7, 11) is 0. The molecule has 2 rings (SSSR count). The lowest BCUT2D eigenvalue weighted by atomic mass is 10.1. The highest BCUT2D eigenvalue weighted by Crippen LogP contribution is 2.13. The van der Waals surface area contributed by atoms with E-state index in [-0.39, 0.29) is 12.5 Å². The number of anilines is 1. The van der Waals surface area contributed by atoms with Crippen molar-refractivity contribution >= 4 is 11.6 Å². The number of nitrogens with zero attached hydrogens (tertiary/aromatic N) is 1. The van der Waals surface area contributed by atoms with Gasteiger partial charge in [0.1, 0.15) is 6.61 Å². The Labute approximate surface area is 123 Å². The fraction of sp³-hybridized carbons (Fsp3) is 0.176. The van der Waals surface area contributed by atoms with Crippen molar-refractivity contribution in [3.05, 3.63) is 58.9 Å². The van der Waals surface area contributed by atoms with Gasteiger partial charge in [-0.15, -0.1) is 0 Å². The second-order valence-electron chi connectivity index (χ2n) is 4.58. The summed E-state index contributed by atoms with van der Waals surface area (Å²) in [6.07, 6.45) is 0. The van der Waals surface area contributed by atoms with E-state index in [2.05, 4.69) is 22.1 Å². The second kappa shape index (κ2) is 6.69. The molecule has 0 radical (unpaired) electrons. The number of pyridine rings is 1. The maximum absolute atomic E-state index is 12.2. The molecule has 2 N–H and O–H groups in total. The Hall–Kier alpha value is -2.64. The molecule has 0 bridgehead atoms. The molecule has 0 unspecified atom stereocenters. The van der Waals surface area contributed by atoms with Crippen LogP contribution in [0, 0.1) is 25.7 Å². The Morgan fingerprint density at radius 1 is 1.19 bits per heavy atom. The van der Waals surface area contributed by atoms with Gasteiger partial charge >= 0.3 is 0 Å². The lowest BCUT2D eigenvalue weighted by molar-refractivity contribution is 0.102. The van der Waals surface area contributed by atoms with Gasteiger partial charge in [0.25, 0.3) is 5.91 Å². The molecule has 0 spiro atoms. The molecule has 21 heavy (non-hydrogen) atoms. The third-order valence-electron chi connectivity index (χ3n) is 2.92. The second-order valence-corrected chi connectivity index (χ2v) is 4.58. The number of aromatic nitrogens is 1. The lowest BCUT2D eigenvalue weighted by Gasteiger charge is -2.08. The molecule has 1 aromatic carbocycles. The van der Waals surface area contributed by atoms with E-state index in [4.69, 9.17) is 5.11 Å². The quantitative estimate of drug-likeness (QED) is 0.830. The number of amides is 1. The Morgan fingerprint density at radius 2 is 1.90 bits per heavy atom. The molecule has 1 amide bonds. The summed E-state index contributed by atoms with van der Waals surface area (Å²) in [5, 5.41) is 11.5. The van der Waals surface area contributed by atoms with Crippen molar-refractivity contribution in [2.45, 2.75) is 13.8 Å². The first-order valence-corrected chi connectivity index (χ1v) is 6.55. The summed E-state index contributed by atoms with van der Waals surface area (Å²) in [5.41, 5.74) is 3.63. The number of nitrogens with one attached hydrogen (secondary N) is 1. The van der Waals surface area contributed by atoms with E-state index in [1.165, 1.54) is 0 Å². The van der Waals surface area contributed by atoms with Gasteiger partial charge in [0.15, 0.2) is 0 Å². The Kier molecular flexibility index (Phi) is 4.70. The molecule has 0 saturated carbocycles. The Balaban J connectivity index is 2.12. The predicted octanol–water partition coefficient (Wildman–Crippen LogP) is 2.29. The molecule has 106 valence electrons. The van der Waals surface area contributed by atoms with Crippen LogP contribution in [0.25, 0.3) is 0 Å². The highest BCUT2D eigenvalue weighted by Gasteiger charge is 2.10. The average molecular weight is 280 g/mol. The van der Waals surface area contributed by atoms with Crippen LogP contribution in [-0.2, 0) is 0 Å². The van der Waals surface area contributed by atoms with Crippen molar-refractivity contribution in [1.29, 1.82) is 0 Å². The molecule has 2 aromatic rings. The zero-order chi connectivity index (χ0) is 15.2. The third kappa shape index (κ3) is 3.91. The summed E-state index contributed by atoms with van der Waals surface area (Å²) in [5.74, 6) is 5.19. The average Bonchev–Trinajstić information content (AvgIpc) is 2.46. The first-order valence-electron chi connectivity index (χ1n) is 6.55. The number of hydrogen-bond acceptors (Lipinski definition) is 3. The minimum Gasteiger partial charge on any atom is -0.384 e. The summed E-state index contributed by atoms with van der Waals surface area (Å²) < 4.78 is 0. The molecule has 0 atom stereocenters. The van der Waals surface area contributed by atoms with Crippen LogP contribution in [0.15, 0.2) is 36.4 Å². The topological polar surface area (TPSA) is 62.2 Å². The molecular formula is C17H16N2O2. The van der Waals surface area contributed by atoms with Gasteiger partial charge in [0.05, 0.1) is 11.3 Å². The van der Waals surface area contributed by atoms with Crippen molar-refractivity contribution in [2.75, 3.05) is 11.9 Å². The highest BCUT2D eigenvalue weighted by molar-refractivity contribution is 6.05. The number of hydrogen-bond donors (Lipinski definition) is 2.